The van der Waals surface area contributed by atoms with Crippen LogP contribution in [0.5, 0.6) is 11.5 Å². The number of hydrogen-bond donors (Lipinski definition) is 2. The molecule has 7 nitrogen and oxygen atoms in total. The number of guanidine groups is 1. The first-order chi connectivity index (χ1) is 14.4. The van der Waals surface area contributed by atoms with Crippen molar-refractivity contribution in [3.05, 3.63) is 41.3 Å². The molecule has 2 N–H and O–H groups in total. The molecule has 31 heavy (non-hydrogen) atoms. The fraction of sp³-hybridized carbons (Fsp3) is 0.524. The Kier molecular flexibility index (Phi) is 12.2. The van der Waals surface area contributed by atoms with Crippen LogP contribution in [-0.4, -0.2) is 30.9 Å². The van der Waals surface area contributed by atoms with E-state index in [1.165, 1.54) is 6.07 Å². The van der Waals surface area contributed by atoms with Gasteiger partial charge in [0, 0.05) is 24.2 Å². The number of nitrogens with one attached hydrogen (secondary N) is 2. The van der Waals surface area contributed by atoms with E-state index in [-0.39, 0.29) is 42.2 Å². The van der Waals surface area contributed by atoms with Crippen LogP contribution in [0.1, 0.15) is 57.1 Å². The summed E-state index contributed by atoms with van der Waals surface area (Å²) in [5.74, 6) is 2.02. The standard InChI is InChI=1S/C21H30F2N4O3.HI/c1-5-9-28-16-8-7-15(19(11-16)29-20(22)23)12-25-21(24-6-2)26-13-17-10-18(14(3)4)27-30-17;/h7-8,10-11,14,20H,5-6,9,12-13H2,1-4H3,(H2,24,25,26);1H. The van der Waals surface area contributed by atoms with Crippen molar-refractivity contribution in [2.45, 2.75) is 59.7 Å². The van der Waals surface area contributed by atoms with Gasteiger partial charge in [-0.05, 0) is 31.4 Å². The molecule has 1 heterocycles. The summed E-state index contributed by atoms with van der Waals surface area (Å²) in [6.45, 7) is 6.75. The summed E-state index contributed by atoms with van der Waals surface area (Å²) >= 11 is 0. The quantitative estimate of drug-likeness (QED) is 0.231. The Balaban J connectivity index is 0.00000480. The molecule has 0 saturated carbocycles. The Morgan fingerprint density at radius 1 is 1.19 bits per heavy atom. The molecule has 0 fully saturated rings. The third kappa shape index (κ3) is 9.28. The van der Waals surface area contributed by atoms with E-state index in [4.69, 9.17) is 9.26 Å². The lowest BCUT2D eigenvalue weighted by atomic mass is 10.1. The van der Waals surface area contributed by atoms with E-state index in [9.17, 15) is 8.78 Å². The van der Waals surface area contributed by atoms with Gasteiger partial charge in [0.2, 0.25) is 0 Å². The van der Waals surface area contributed by atoms with Crippen LogP contribution in [0.25, 0.3) is 0 Å². The third-order valence-corrected chi connectivity index (χ3v) is 4.08. The van der Waals surface area contributed by atoms with Crippen molar-refractivity contribution < 1.29 is 22.8 Å². The first-order valence-electron chi connectivity index (χ1n) is 10.1. The number of ether oxygens (including phenoxy) is 2. The van der Waals surface area contributed by atoms with Gasteiger partial charge in [-0.1, -0.05) is 25.9 Å². The van der Waals surface area contributed by atoms with E-state index in [1.54, 1.807) is 12.1 Å². The fourth-order valence-electron chi connectivity index (χ4n) is 2.54. The van der Waals surface area contributed by atoms with Crippen LogP contribution in [-0.2, 0) is 13.1 Å². The molecule has 0 radical (unpaired) electrons. The Hall–Kier alpha value is -2.11. The third-order valence-electron chi connectivity index (χ3n) is 4.08. The van der Waals surface area contributed by atoms with E-state index in [0.717, 1.165) is 12.1 Å². The van der Waals surface area contributed by atoms with Gasteiger partial charge in [-0.25, -0.2) is 4.99 Å². The summed E-state index contributed by atoms with van der Waals surface area (Å²) in [6, 6.07) is 6.77. The van der Waals surface area contributed by atoms with Gasteiger partial charge in [-0.3, -0.25) is 0 Å². The minimum absolute atomic E-state index is 0. The highest BCUT2D eigenvalue weighted by atomic mass is 127. The van der Waals surface area contributed by atoms with E-state index >= 15 is 0 Å². The molecule has 0 aliphatic carbocycles. The molecule has 0 aliphatic rings. The van der Waals surface area contributed by atoms with Crippen LogP contribution < -0.4 is 20.1 Å². The number of aromatic nitrogens is 1. The number of hydrogen-bond acceptors (Lipinski definition) is 5. The SMILES string of the molecule is CCCOc1ccc(CN=C(NCC)NCc2cc(C(C)C)no2)c(OC(F)F)c1.I. The van der Waals surface area contributed by atoms with Crippen molar-refractivity contribution in [3.8, 4) is 11.5 Å². The molecular weight excluding hydrogens is 521 g/mol. The van der Waals surface area contributed by atoms with Gasteiger partial charge in [-0.2, -0.15) is 8.78 Å². The molecule has 0 aliphatic heterocycles. The second-order valence-corrected chi connectivity index (χ2v) is 6.92. The summed E-state index contributed by atoms with van der Waals surface area (Å²) in [4.78, 5) is 4.47. The summed E-state index contributed by atoms with van der Waals surface area (Å²) in [5, 5.41) is 10.3. The molecule has 0 amide bonds. The van der Waals surface area contributed by atoms with Gasteiger partial charge in [0.05, 0.1) is 25.4 Å². The normalized spacial score (nSPS) is 11.4. The van der Waals surface area contributed by atoms with E-state index in [2.05, 4.69) is 25.5 Å². The molecule has 0 saturated heterocycles. The largest absolute Gasteiger partial charge is 0.493 e. The smallest absolute Gasteiger partial charge is 0.387 e. The average Bonchev–Trinajstić information content (AvgIpc) is 3.18. The number of alkyl halides is 2. The minimum atomic E-state index is -2.93. The number of halogens is 3. The number of aliphatic imine (C=N–C) groups is 1. The summed E-state index contributed by atoms with van der Waals surface area (Å²) < 4.78 is 41.1. The molecule has 1 aromatic carbocycles. The zero-order valence-electron chi connectivity index (χ0n) is 18.3. The highest BCUT2D eigenvalue weighted by Crippen LogP contribution is 2.27. The maximum absolute atomic E-state index is 12.8. The van der Waals surface area contributed by atoms with Crippen LogP contribution in [0.3, 0.4) is 0 Å². The Morgan fingerprint density at radius 3 is 2.58 bits per heavy atom. The van der Waals surface area contributed by atoms with Crippen molar-refractivity contribution in [1.29, 1.82) is 0 Å². The Labute approximate surface area is 199 Å². The zero-order valence-corrected chi connectivity index (χ0v) is 20.6. The molecular formula is C21H31F2IN4O3. The van der Waals surface area contributed by atoms with Gasteiger partial charge < -0.3 is 24.6 Å². The number of nitrogens with zero attached hydrogens (tertiary/aromatic N) is 2. The number of benzene rings is 1. The Bertz CT molecular complexity index is 816. The maximum atomic E-state index is 12.8. The highest BCUT2D eigenvalue weighted by molar-refractivity contribution is 14.0. The molecule has 2 rings (SSSR count). The van der Waals surface area contributed by atoms with Gasteiger partial charge in [0.25, 0.3) is 0 Å². The van der Waals surface area contributed by atoms with Crippen LogP contribution in [0.4, 0.5) is 8.78 Å². The summed E-state index contributed by atoms with van der Waals surface area (Å²) in [5.41, 5.74) is 1.41. The lowest BCUT2D eigenvalue weighted by molar-refractivity contribution is -0.0505. The molecule has 0 atom stereocenters. The molecule has 1 aromatic heterocycles. The van der Waals surface area contributed by atoms with Gasteiger partial charge in [-0.15, -0.1) is 24.0 Å². The van der Waals surface area contributed by atoms with Crippen LogP contribution in [0.15, 0.2) is 33.8 Å². The number of rotatable bonds is 11. The van der Waals surface area contributed by atoms with Gasteiger partial charge >= 0.3 is 6.61 Å². The van der Waals surface area contributed by atoms with Crippen LogP contribution in [0.2, 0.25) is 0 Å². The minimum Gasteiger partial charge on any atom is -0.493 e. The lowest BCUT2D eigenvalue weighted by Crippen LogP contribution is -2.36. The van der Waals surface area contributed by atoms with Crippen molar-refractivity contribution >= 4 is 29.9 Å². The Morgan fingerprint density at radius 2 is 1.97 bits per heavy atom. The summed E-state index contributed by atoms with van der Waals surface area (Å²) in [7, 11) is 0. The van der Waals surface area contributed by atoms with E-state index in [1.807, 2.05) is 33.8 Å². The van der Waals surface area contributed by atoms with E-state index in [0.29, 0.717) is 42.7 Å². The van der Waals surface area contributed by atoms with Crippen molar-refractivity contribution in [2.75, 3.05) is 13.2 Å². The molecule has 10 heteroatoms. The van der Waals surface area contributed by atoms with E-state index < -0.39 is 6.61 Å². The predicted molar refractivity (Wildman–Crippen MR) is 127 cm³/mol. The van der Waals surface area contributed by atoms with Gasteiger partial charge in [0.1, 0.15) is 11.5 Å². The average molecular weight is 552 g/mol. The summed E-state index contributed by atoms with van der Waals surface area (Å²) in [6.07, 6.45) is 0.818. The highest BCUT2D eigenvalue weighted by Gasteiger charge is 2.12. The van der Waals surface area contributed by atoms with Crippen LogP contribution in [0, 0.1) is 0 Å². The van der Waals surface area contributed by atoms with Gasteiger partial charge in [0.15, 0.2) is 11.7 Å². The zero-order chi connectivity index (χ0) is 21.9. The predicted octanol–water partition coefficient (Wildman–Crippen LogP) is 5.06. The molecule has 0 unspecified atom stereocenters. The van der Waals surface area contributed by atoms with Crippen molar-refractivity contribution in [3.63, 3.8) is 0 Å². The molecule has 0 spiro atoms. The second kappa shape index (κ2) is 14.0. The first kappa shape index (κ1) is 26.9. The second-order valence-electron chi connectivity index (χ2n) is 6.92. The van der Waals surface area contributed by atoms with Crippen molar-refractivity contribution in [1.82, 2.24) is 15.8 Å². The molecule has 0 bridgehead atoms. The van der Waals surface area contributed by atoms with Crippen molar-refractivity contribution in [2.24, 2.45) is 4.99 Å². The fourth-order valence-corrected chi connectivity index (χ4v) is 2.54. The van der Waals surface area contributed by atoms with Crippen LogP contribution >= 0.6 is 24.0 Å². The first-order valence-corrected chi connectivity index (χ1v) is 10.1. The molecule has 2 aromatic rings. The maximum Gasteiger partial charge on any atom is 0.387 e. The lowest BCUT2D eigenvalue weighted by Gasteiger charge is -2.13. The monoisotopic (exact) mass is 552 g/mol. The molecule has 174 valence electrons. The topological polar surface area (TPSA) is 80.9 Å².